The van der Waals surface area contributed by atoms with E-state index in [0.29, 0.717) is 23.4 Å². The molecule has 2 heterocycles. The number of nitrogens with one attached hydrogen (secondary N) is 3. The van der Waals surface area contributed by atoms with Crippen molar-refractivity contribution in [2.24, 2.45) is 5.41 Å². The van der Waals surface area contributed by atoms with Crippen LogP contribution in [0.5, 0.6) is 0 Å². The lowest BCUT2D eigenvalue weighted by atomic mass is 9.92. The lowest BCUT2D eigenvalue weighted by molar-refractivity contribution is 0.230. The van der Waals surface area contributed by atoms with E-state index in [-0.39, 0.29) is 17.1 Å². The number of aromatic nitrogens is 2. The molecule has 0 aliphatic carbocycles. The van der Waals surface area contributed by atoms with Crippen LogP contribution >= 0.6 is 0 Å². The zero-order valence-electron chi connectivity index (χ0n) is 20.4. The van der Waals surface area contributed by atoms with Crippen LogP contribution in [0.25, 0.3) is 22.0 Å². The number of carbonyl (C=O) groups is 2. The van der Waals surface area contributed by atoms with Gasteiger partial charge in [0.25, 0.3) is 0 Å². The second-order valence-corrected chi connectivity index (χ2v) is 9.59. The monoisotopic (exact) mass is 466 g/mol. The van der Waals surface area contributed by atoms with Crippen molar-refractivity contribution < 1.29 is 14.0 Å². The van der Waals surface area contributed by atoms with Crippen LogP contribution in [-0.4, -0.2) is 47.6 Å². The lowest BCUT2D eigenvalue weighted by Gasteiger charge is -2.18. The second-order valence-electron chi connectivity index (χ2n) is 9.59. The Bertz CT molecular complexity index is 1220. The van der Waals surface area contributed by atoms with E-state index in [0.717, 1.165) is 23.1 Å². The summed E-state index contributed by atoms with van der Waals surface area (Å²) in [6, 6.07) is 7.43. The predicted octanol–water partition coefficient (Wildman–Crippen LogP) is 5.40. The first kappa shape index (κ1) is 24.9. The number of rotatable bonds is 5. The molecule has 0 aliphatic rings. The van der Waals surface area contributed by atoms with Gasteiger partial charge >= 0.3 is 12.1 Å². The molecule has 0 spiro atoms. The highest BCUT2D eigenvalue weighted by Crippen LogP contribution is 2.30. The Hall–Kier alpha value is -3.75. The van der Waals surface area contributed by atoms with Crippen molar-refractivity contribution >= 4 is 34.5 Å². The number of urea groups is 2. The van der Waals surface area contributed by atoms with Crippen molar-refractivity contribution in [2.45, 2.75) is 34.1 Å². The number of benzene rings is 1. The van der Waals surface area contributed by atoms with Crippen LogP contribution in [0.1, 0.15) is 32.9 Å². The van der Waals surface area contributed by atoms with Gasteiger partial charge < -0.3 is 15.5 Å². The van der Waals surface area contributed by atoms with Crippen LogP contribution in [0.4, 0.5) is 25.5 Å². The highest BCUT2D eigenvalue weighted by molar-refractivity contribution is 5.93. The molecule has 0 atom stereocenters. The van der Waals surface area contributed by atoms with Gasteiger partial charge in [0.15, 0.2) is 0 Å². The summed E-state index contributed by atoms with van der Waals surface area (Å²) >= 11 is 0. The first-order chi connectivity index (χ1) is 15.9. The number of aryl methyl sites for hydroxylation is 1. The highest BCUT2D eigenvalue weighted by atomic mass is 19.1. The minimum Gasteiger partial charge on any atom is -0.338 e. The molecule has 34 heavy (non-hydrogen) atoms. The second kappa shape index (κ2) is 10.0. The smallest absolute Gasteiger partial charge is 0.322 e. The summed E-state index contributed by atoms with van der Waals surface area (Å²) in [5.74, 6) is -0.124. The van der Waals surface area contributed by atoms with Gasteiger partial charge in [0.1, 0.15) is 11.6 Å². The maximum absolute atomic E-state index is 14.4. The molecule has 0 radical (unpaired) electrons. The molecule has 3 N–H and O–H groups in total. The topological polar surface area (TPSA) is 99.2 Å². The van der Waals surface area contributed by atoms with Gasteiger partial charge in [-0.05, 0) is 42.5 Å². The molecule has 180 valence electrons. The van der Waals surface area contributed by atoms with Crippen LogP contribution in [0.3, 0.4) is 0 Å². The first-order valence-electron chi connectivity index (χ1n) is 11.0. The summed E-state index contributed by atoms with van der Waals surface area (Å²) < 4.78 is 14.4. The summed E-state index contributed by atoms with van der Waals surface area (Å²) in [6.45, 7) is 8.61. The van der Waals surface area contributed by atoms with Gasteiger partial charge in [-0.1, -0.05) is 26.8 Å². The molecule has 8 nitrogen and oxygen atoms in total. The number of pyridine rings is 2. The van der Waals surface area contributed by atoms with Gasteiger partial charge in [0.05, 0.1) is 11.2 Å². The molecule has 9 heteroatoms. The van der Waals surface area contributed by atoms with Crippen LogP contribution in [0.15, 0.2) is 36.5 Å². The summed E-state index contributed by atoms with van der Waals surface area (Å²) in [4.78, 5) is 34.5. The molecule has 0 unspecified atom stereocenters. The molecule has 1 aromatic carbocycles. The van der Waals surface area contributed by atoms with Crippen molar-refractivity contribution in [1.29, 1.82) is 0 Å². The summed E-state index contributed by atoms with van der Waals surface area (Å²) in [5.41, 5.74) is 3.07. The van der Waals surface area contributed by atoms with E-state index in [2.05, 4.69) is 46.7 Å². The Morgan fingerprint density at radius 3 is 2.50 bits per heavy atom. The standard InChI is InChI=1S/C25H31FN6O2/c1-15-18(11-17-14-28-22(13-20(17)29-15)31-24(34)32(5)6)16-7-8-19(26)21(12-16)30-23(33)27-10-9-25(2,3)4/h7-8,11-14H,9-10H2,1-6H3,(H2,27,30,33)(H,28,31,34). The van der Waals surface area contributed by atoms with Crippen LogP contribution in [0, 0.1) is 18.2 Å². The molecule has 3 rings (SSSR count). The number of hydrogen-bond acceptors (Lipinski definition) is 4. The third-order valence-electron chi connectivity index (χ3n) is 5.22. The van der Waals surface area contributed by atoms with E-state index in [4.69, 9.17) is 0 Å². The van der Waals surface area contributed by atoms with Crippen molar-refractivity contribution in [1.82, 2.24) is 20.2 Å². The number of fused-ring (bicyclic) bond motifs is 1. The van der Waals surface area contributed by atoms with Gasteiger partial charge in [-0.2, -0.15) is 0 Å². The fraction of sp³-hybridized carbons (Fsp3) is 0.360. The molecule has 0 aliphatic heterocycles. The Morgan fingerprint density at radius 2 is 1.82 bits per heavy atom. The fourth-order valence-electron chi connectivity index (χ4n) is 3.25. The maximum atomic E-state index is 14.4. The molecule has 0 saturated carbocycles. The molecule has 2 aromatic heterocycles. The molecule has 0 saturated heterocycles. The van der Waals surface area contributed by atoms with E-state index in [1.54, 1.807) is 38.5 Å². The average Bonchev–Trinajstić information content (AvgIpc) is 2.74. The SMILES string of the molecule is Cc1nc2cc(NC(=O)N(C)C)ncc2cc1-c1ccc(F)c(NC(=O)NCCC(C)(C)C)c1. The molecular weight excluding hydrogens is 435 g/mol. The van der Waals surface area contributed by atoms with Gasteiger partial charge in [-0.25, -0.2) is 19.0 Å². The Balaban J connectivity index is 1.83. The Labute approximate surface area is 199 Å². The molecule has 0 bridgehead atoms. The van der Waals surface area contributed by atoms with Gasteiger partial charge in [-0.3, -0.25) is 10.3 Å². The van der Waals surface area contributed by atoms with Gasteiger partial charge in [0, 0.05) is 49.5 Å². The summed E-state index contributed by atoms with van der Waals surface area (Å²) in [7, 11) is 3.29. The molecule has 0 fully saturated rings. The van der Waals surface area contributed by atoms with Crippen molar-refractivity contribution in [3.8, 4) is 11.1 Å². The zero-order valence-corrected chi connectivity index (χ0v) is 20.4. The number of hydrogen-bond donors (Lipinski definition) is 3. The average molecular weight is 467 g/mol. The van der Waals surface area contributed by atoms with E-state index < -0.39 is 11.8 Å². The number of amides is 4. The fourth-order valence-corrected chi connectivity index (χ4v) is 3.25. The van der Waals surface area contributed by atoms with Crippen LogP contribution in [-0.2, 0) is 0 Å². The lowest BCUT2D eigenvalue weighted by Crippen LogP contribution is -2.31. The number of halogens is 1. The third kappa shape index (κ3) is 6.40. The number of carbonyl (C=O) groups excluding carboxylic acids is 2. The Morgan fingerprint density at radius 1 is 1.09 bits per heavy atom. The zero-order chi connectivity index (χ0) is 25.0. The molecular formula is C25H31FN6O2. The maximum Gasteiger partial charge on any atom is 0.322 e. The third-order valence-corrected chi connectivity index (χ3v) is 5.22. The minimum atomic E-state index is -0.524. The van der Waals surface area contributed by atoms with Crippen LogP contribution < -0.4 is 16.0 Å². The summed E-state index contributed by atoms with van der Waals surface area (Å²) in [6.07, 6.45) is 2.43. The van der Waals surface area contributed by atoms with Crippen LogP contribution in [0.2, 0.25) is 0 Å². The number of nitrogens with zero attached hydrogens (tertiary/aromatic N) is 3. The summed E-state index contributed by atoms with van der Waals surface area (Å²) in [5, 5.41) is 8.83. The van der Waals surface area contributed by atoms with Crippen molar-refractivity contribution in [3.05, 3.63) is 48.0 Å². The predicted molar refractivity (Wildman–Crippen MR) is 133 cm³/mol. The van der Waals surface area contributed by atoms with E-state index in [1.807, 2.05) is 13.0 Å². The van der Waals surface area contributed by atoms with Gasteiger partial charge in [-0.15, -0.1) is 0 Å². The van der Waals surface area contributed by atoms with E-state index in [1.165, 1.54) is 11.0 Å². The highest BCUT2D eigenvalue weighted by Gasteiger charge is 2.14. The van der Waals surface area contributed by atoms with Crippen molar-refractivity contribution in [3.63, 3.8) is 0 Å². The van der Waals surface area contributed by atoms with Crippen molar-refractivity contribution in [2.75, 3.05) is 31.3 Å². The molecule has 3 aromatic rings. The van der Waals surface area contributed by atoms with Gasteiger partial charge in [0.2, 0.25) is 0 Å². The minimum absolute atomic E-state index is 0.0881. The number of anilines is 2. The van der Waals surface area contributed by atoms with E-state index in [9.17, 15) is 14.0 Å². The quantitative estimate of drug-likeness (QED) is 0.469. The first-order valence-corrected chi connectivity index (χ1v) is 11.0. The Kier molecular flexibility index (Phi) is 7.34. The van der Waals surface area contributed by atoms with E-state index >= 15 is 0 Å². The largest absolute Gasteiger partial charge is 0.338 e. The molecule has 4 amide bonds. The normalized spacial score (nSPS) is 11.3.